The van der Waals surface area contributed by atoms with Crippen LogP contribution in [0.1, 0.15) is 5.56 Å². The first kappa shape index (κ1) is 12.3. The van der Waals surface area contributed by atoms with Crippen molar-refractivity contribution < 1.29 is 13.5 Å². The minimum atomic E-state index is -3.22. The van der Waals surface area contributed by atoms with Gasteiger partial charge < -0.3 is 10.4 Å². The average molecular weight is 256 g/mol. The second-order valence-corrected chi connectivity index (χ2v) is 6.12. The Morgan fingerprint density at radius 2 is 2.06 bits per heavy atom. The number of hydrogen-bond donors (Lipinski definition) is 2. The van der Waals surface area contributed by atoms with Crippen LogP contribution in [-0.4, -0.2) is 43.2 Å². The molecule has 1 saturated heterocycles. The predicted octanol–water partition coefficient (Wildman–Crippen LogP) is 0.127. The number of phenols is 1. The SMILES string of the molecule is O=S1(=O)CCNCCN1Cc1ccccc1O. The maximum absolute atomic E-state index is 11.9. The van der Waals surface area contributed by atoms with Gasteiger partial charge in [0.15, 0.2) is 0 Å². The normalized spacial score (nSPS) is 20.9. The third-order valence-electron chi connectivity index (χ3n) is 2.81. The van der Waals surface area contributed by atoms with E-state index in [2.05, 4.69) is 5.32 Å². The van der Waals surface area contributed by atoms with Crippen molar-refractivity contribution in [1.82, 2.24) is 9.62 Å². The molecule has 0 bridgehead atoms. The molecule has 0 radical (unpaired) electrons. The van der Waals surface area contributed by atoms with E-state index in [1.165, 1.54) is 4.31 Å². The lowest BCUT2D eigenvalue weighted by Gasteiger charge is -2.19. The fourth-order valence-electron chi connectivity index (χ4n) is 1.81. The van der Waals surface area contributed by atoms with E-state index in [4.69, 9.17) is 0 Å². The summed E-state index contributed by atoms with van der Waals surface area (Å²) >= 11 is 0. The molecular formula is C11H16N2O3S. The van der Waals surface area contributed by atoms with E-state index in [-0.39, 0.29) is 18.0 Å². The van der Waals surface area contributed by atoms with Gasteiger partial charge in [0.1, 0.15) is 5.75 Å². The maximum atomic E-state index is 11.9. The zero-order valence-electron chi connectivity index (χ0n) is 9.46. The highest BCUT2D eigenvalue weighted by molar-refractivity contribution is 7.89. The first-order valence-electron chi connectivity index (χ1n) is 5.55. The molecule has 0 amide bonds. The first-order chi connectivity index (χ1) is 8.09. The number of para-hydroxylation sites is 1. The number of benzene rings is 1. The second-order valence-electron chi connectivity index (χ2n) is 4.03. The molecule has 0 atom stereocenters. The minimum Gasteiger partial charge on any atom is -0.508 e. The summed E-state index contributed by atoms with van der Waals surface area (Å²) in [6.07, 6.45) is 0. The molecule has 1 heterocycles. The summed E-state index contributed by atoms with van der Waals surface area (Å²) < 4.78 is 25.3. The largest absolute Gasteiger partial charge is 0.508 e. The summed E-state index contributed by atoms with van der Waals surface area (Å²) in [6.45, 7) is 1.81. The molecule has 1 aromatic rings. The van der Waals surface area contributed by atoms with E-state index in [0.717, 1.165) is 0 Å². The maximum Gasteiger partial charge on any atom is 0.215 e. The Hall–Kier alpha value is -1.11. The number of sulfonamides is 1. The molecule has 2 rings (SSSR count). The third kappa shape index (κ3) is 2.96. The number of nitrogens with one attached hydrogen (secondary N) is 1. The number of phenolic OH excluding ortho intramolecular Hbond substituents is 1. The molecule has 0 unspecified atom stereocenters. The highest BCUT2D eigenvalue weighted by Crippen LogP contribution is 2.19. The Balaban J connectivity index is 2.19. The Labute approximate surface area is 101 Å². The van der Waals surface area contributed by atoms with Crippen LogP contribution in [0.4, 0.5) is 0 Å². The average Bonchev–Trinajstić information content (AvgIpc) is 2.44. The van der Waals surface area contributed by atoms with Gasteiger partial charge in [-0.3, -0.25) is 0 Å². The van der Waals surface area contributed by atoms with Gasteiger partial charge in [0.2, 0.25) is 10.0 Å². The number of hydrogen-bond acceptors (Lipinski definition) is 4. The van der Waals surface area contributed by atoms with E-state index in [1.54, 1.807) is 24.3 Å². The monoisotopic (exact) mass is 256 g/mol. The van der Waals surface area contributed by atoms with Gasteiger partial charge in [0.05, 0.1) is 5.75 Å². The topological polar surface area (TPSA) is 69.6 Å². The van der Waals surface area contributed by atoms with Crippen molar-refractivity contribution in [2.24, 2.45) is 0 Å². The van der Waals surface area contributed by atoms with Crippen molar-refractivity contribution in [2.75, 3.05) is 25.4 Å². The fraction of sp³-hybridized carbons (Fsp3) is 0.455. The lowest BCUT2D eigenvalue weighted by molar-refractivity contribution is 0.400. The van der Waals surface area contributed by atoms with E-state index in [1.807, 2.05) is 0 Å². The highest BCUT2D eigenvalue weighted by Gasteiger charge is 2.24. The third-order valence-corrected chi connectivity index (χ3v) is 4.62. The van der Waals surface area contributed by atoms with Crippen molar-refractivity contribution in [3.05, 3.63) is 29.8 Å². The van der Waals surface area contributed by atoms with Crippen LogP contribution in [0.3, 0.4) is 0 Å². The zero-order chi connectivity index (χ0) is 12.3. The zero-order valence-corrected chi connectivity index (χ0v) is 10.3. The van der Waals surface area contributed by atoms with Crippen LogP contribution < -0.4 is 5.32 Å². The van der Waals surface area contributed by atoms with Crippen molar-refractivity contribution in [1.29, 1.82) is 0 Å². The summed E-state index contributed by atoms with van der Waals surface area (Å²) in [5.74, 6) is 0.251. The fourth-order valence-corrected chi connectivity index (χ4v) is 3.18. The highest BCUT2D eigenvalue weighted by atomic mass is 32.2. The van der Waals surface area contributed by atoms with Crippen LogP contribution in [0.25, 0.3) is 0 Å². The van der Waals surface area contributed by atoms with E-state index in [0.29, 0.717) is 25.2 Å². The smallest absolute Gasteiger partial charge is 0.215 e. The van der Waals surface area contributed by atoms with Crippen molar-refractivity contribution in [2.45, 2.75) is 6.54 Å². The van der Waals surface area contributed by atoms with Crippen LogP contribution in [-0.2, 0) is 16.6 Å². The Morgan fingerprint density at radius 1 is 1.29 bits per heavy atom. The molecule has 1 fully saturated rings. The molecule has 5 nitrogen and oxygen atoms in total. The van der Waals surface area contributed by atoms with E-state index >= 15 is 0 Å². The van der Waals surface area contributed by atoms with Gasteiger partial charge in [0, 0.05) is 31.7 Å². The lowest BCUT2D eigenvalue weighted by Crippen LogP contribution is -2.33. The Morgan fingerprint density at radius 3 is 2.82 bits per heavy atom. The van der Waals surface area contributed by atoms with Crippen LogP contribution in [0.2, 0.25) is 0 Å². The molecule has 1 aliphatic heterocycles. The quantitative estimate of drug-likeness (QED) is 0.789. The van der Waals surface area contributed by atoms with Crippen LogP contribution >= 0.6 is 0 Å². The summed E-state index contributed by atoms with van der Waals surface area (Å²) in [6, 6.07) is 6.82. The van der Waals surface area contributed by atoms with E-state index in [9.17, 15) is 13.5 Å². The van der Waals surface area contributed by atoms with Crippen LogP contribution in [0.5, 0.6) is 5.75 Å². The lowest BCUT2D eigenvalue weighted by atomic mass is 10.2. The van der Waals surface area contributed by atoms with Gasteiger partial charge in [-0.05, 0) is 6.07 Å². The molecule has 17 heavy (non-hydrogen) atoms. The van der Waals surface area contributed by atoms with Gasteiger partial charge in [-0.25, -0.2) is 8.42 Å². The van der Waals surface area contributed by atoms with Gasteiger partial charge in [-0.15, -0.1) is 0 Å². The minimum absolute atomic E-state index is 0.112. The summed E-state index contributed by atoms with van der Waals surface area (Å²) in [5, 5.41) is 12.7. The molecule has 0 aromatic heterocycles. The van der Waals surface area contributed by atoms with Crippen LogP contribution in [0, 0.1) is 0 Å². The number of nitrogens with zero attached hydrogens (tertiary/aromatic N) is 1. The summed E-state index contributed by atoms with van der Waals surface area (Å²) in [4.78, 5) is 0. The van der Waals surface area contributed by atoms with Gasteiger partial charge in [-0.2, -0.15) is 4.31 Å². The summed E-state index contributed by atoms with van der Waals surface area (Å²) in [7, 11) is -3.22. The molecule has 94 valence electrons. The molecule has 2 N–H and O–H groups in total. The molecule has 0 saturated carbocycles. The standard InChI is InChI=1S/C11H16N2O3S/c14-11-4-2-1-3-10(11)9-13-7-5-12-6-8-17(13,15)16/h1-4,12,14H,5-9H2. The molecular weight excluding hydrogens is 240 g/mol. The molecule has 1 aliphatic rings. The summed E-state index contributed by atoms with van der Waals surface area (Å²) in [5.41, 5.74) is 0.637. The van der Waals surface area contributed by atoms with E-state index < -0.39 is 10.0 Å². The second kappa shape index (κ2) is 5.03. The van der Waals surface area contributed by atoms with Crippen molar-refractivity contribution >= 4 is 10.0 Å². The molecule has 1 aromatic carbocycles. The number of aromatic hydroxyl groups is 1. The Bertz CT molecular complexity index is 487. The Kier molecular flexibility index (Phi) is 3.66. The molecule has 6 heteroatoms. The van der Waals surface area contributed by atoms with Gasteiger partial charge in [-0.1, -0.05) is 18.2 Å². The first-order valence-corrected chi connectivity index (χ1v) is 7.16. The van der Waals surface area contributed by atoms with Crippen molar-refractivity contribution in [3.63, 3.8) is 0 Å². The van der Waals surface area contributed by atoms with Gasteiger partial charge >= 0.3 is 0 Å². The molecule has 0 aliphatic carbocycles. The predicted molar refractivity (Wildman–Crippen MR) is 65.2 cm³/mol. The number of rotatable bonds is 2. The van der Waals surface area contributed by atoms with Crippen LogP contribution in [0.15, 0.2) is 24.3 Å². The van der Waals surface area contributed by atoms with Crippen molar-refractivity contribution in [3.8, 4) is 5.75 Å². The molecule has 0 spiro atoms. The van der Waals surface area contributed by atoms with Gasteiger partial charge in [0.25, 0.3) is 0 Å².